The molecule has 0 heterocycles. The molecule has 1 atom stereocenters. The van der Waals surface area contributed by atoms with Crippen molar-refractivity contribution in [1.29, 1.82) is 0 Å². The van der Waals surface area contributed by atoms with Crippen molar-refractivity contribution in [3.8, 4) is 0 Å². The standard InChI is InChI=1S/C16H24N4O5S2/c1-10(2)7-13(15(23)18-9-14(21)22)20-16(26)19-8-11-3-5-12(6-4-11)27(17,24)25/h3-6,10,13H,7-9H2,1-2H3,(H,18,23)(H,21,22)(H2,17,24,25)(H2,19,20,26). The number of thiocarbonyl (C=S) groups is 1. The number of nitrogens with one attached hydrogen (secondary N) is 3. The van der Waals surface area contributed by atoms with Crippen LogP contribution in [0.15, 0.2) is 29.2 Å². The average molecular weight is 417 g/mol. The van der Waals surface area contributed by atoms with Gasteiger partial charge in [-0.1, -0.05) is 26.0 Å². The highest BCUT2D eigenvalue weighted by Gasteiger charge is 2.21. The Kier molecular flexibility index (Phi) is 8.60. The highest BCUT2D eigenvalue weighted by Crippen LogP contribution is 2.09. The Morgan fingerprint density at radius 3 is 2.26 bits per heavy atom. The summed E-state index contributed by atoms with van der Waals surface area (Å²) in [4.78, 5) is 22.7. The molecule has 0 aromatic heterocycles. The Balaban J connectivity index is 2.62. The zero-order chi connectivity index (χ0) is 20.6. The molecule has 11 heteroatoms. The number of primary sulfonamides is 1. The normalized spacial score (nSPS) is 12.3. The van der Waals surface area contributed by atoms with E-state index in [1.165, 1.54) is 12.1 Å². The van der Waals surface area contributed by atoms with Crippen LogP contribution in [-0.2, 0) is 26.2 Å². The van der Waals surface area contributed by atoms with Gasteiger partial charge >= 0.3 is 5.97 Å². The first-order chi connectivity index (χ1) is 12.5. The van der Waals surface area contributed by atoms with Gasteiger partial charge in [0.2, 0.25) is 15.9 Å². The fraction of sp³-hybridized carbons (Fsp3) is 0.438. The SMILES string of the molecule is CC(C)CC(NC(=S)NCc1ccc(S(N)(=O)=O)cc1)C(=O)NCC(=O)O. The topological polar surface area (TPSA) is 151 Å². The van der Waals surface area contributed by atoms with Crippen molar-refractivity contribution in [2.75, 3.05) is 6.54 Å². The van der Waals surface area contributed by atoms with Gasteiger partial charge in [0.1, 0.15) is 12.6 Å². The molecule has 0 radical (unpaired) electrons. The molecule has 1 aromatic carbocycles. The second-order valence-corrected chi connectivity index (χ2v) is 8.28. The van der Waals surface area contributed by atoms with Crippen molar-refractivity contribution in [2.45, 2.75) is 37.8 Å². The minimum atomic E-state index is -3.74. The van der Waals surface area contributed by atoms with E-state index in [1.807, 2.05) is 13.8 Å². The van der Waals surface area contributed by atoms with Crippen molar-refractivity contribution in [2.24, 2.45) is 11.1 Å². The molecule has 0 fully saturated rings. The molecular weight excluding hydrogens is 392 g/mol. The van der Waals surface area contributed by atoms with E-state index in [0.29, 0.717) is 13.0 Å². The number of hydrogen-bond donors (Lipinski definition) is 5. The summed E-state index contributed by atoms with van der Waals surface area (Å²) in [6, 6.07) is 5.31. The van der Waals surface area contributed by atoms with Crippen LogP contribution in [0, 0.1) is 5.92 Å². The van der Waals surface area contributed by atoms with Crippen LogP contribution in [0.5, 0.6) is 0 Å². The summed E-state index contributed by atoms with van der Waals surface area (Å²) in [5.74, 6) is -1.39. The van der Waals surface area contributed by atoms with E-state index < -0.39 is 34.5 Å². The first-order valence-electron chi connectivity index (χ1n) is 8.14. The lowest BCUT2D eigenvalue weighted by Gasteiger charge is -2.21. The summed E-state index contributed by atoms with van der Waals surface area (Å²) in [6.45, 7) is 3.71. The number of amides is 1. The van der Waals surface area contributed by atoms with Gasteiger partial charge in [-0.15, -0.1) is 0 Å². The maximum absolute atomic E-state index is 12.1. The van der Waals surface area contributed by atoms with Crippen LogP contribution >= 0.6 is 12.2 Å². The number of carbonyl (C=O) groups is 2. The van der Waals surface area contributed by atoms with Crippen molar-refractivity contribution in [3.05, 3.63) is 29.8 Å². The third kappa shape index (κ3) is 8.80. The Bertz CT molecular complexity index is 779. The van der Waals surface area contributed by atoms with E-state index in [9.17, 15) is 18.0 Å². The third-order valence-electron chi connectivity index (χ3n) is 3.45. The second kappa shape index (κ2) is 10.2. The second-order valence-electron chi connectivity index (χ2n) is 6.31. The maximum atomic E-state index is 12.1. The summed E-state index contributed by atoms with van der Waals surface area (Å²) in [6.07, 6.45) is 0.469. The summed E-state index contributed by atoms with van der Waals surface area (Å²) < 4.78 is 22.5. The lowest BCUT2D eigenvalue weighted by atomic mass is 10.0. The first kappa shape index (κ1) is 22.8. The molecule has 1 rings (SSSR count). The molecule has 1 amide bonds. The van der Waals surface area contributed by atoms with E-state index in [4.69, 9.17) is 22.5 Å². The van der Waals surface area contributed by atoms with Crippen LogP contribution in [0.4, 0.5) is 0 Å². The molecule has 0 saturated carbocycles. The quantitative estimate of drug-likeness (QED) is 0.351. The molecule has 9 nitrogen and oxygen atoms in total. The molecule has 0 saturated heterocycles. The molecular formula is C16H24N4O5S2. The molecule has 0 aliphatic heterocycles. The molecule has 0 aliphatic rings. The van der Waals surface area contributed by atoms with Gasteiger partial charge in [0.15, 0.2) is 5.11 Å². The Hall–Kier alpha value is -2.24. The number of sulfonamides is 1. The molecule has 1 unspecified atom stereocenters. The average Bonchev–Trinajstić information content (AvgIpc) is 2.56. The predicted octanol–water partition coefficient (Wildman–Crippen LogP) is -0.0864. The molecule has 0 bridgehead atoms. The zero-order valence-corrected chi connectivity index (χ0v) is 16.7. The van der Waals surface area contributed by atoms with Gasteiger partial charge < -0.3 is 21.1 Å². The first-order valence-corrected chi connectivity index (χ1v) is 10.1. The van der Waals surface area contributed by atoms with E-state index in [0.717, 1.165) is 5.56 Å². The van der Waals surface area contributed by atoms with Gasteiger partial charge in [-0.3, -0.25) is 9.59 Å². The van der Waals surface area contributed by atoms with E-state index in [-0.39, 0.29) is 15.9 Å². The summed E-state index contributed by atoms with van der Waals surface area (Å²) >= 11 is 5.19. The zero-order valence-electron chi connectivity index (χ0n) is 15.1. The van der Waals surface area contributed by atoms with E-state index >= 15 is 0 Å². The van der Waals surface area contributed by atoms with Crippen molar-refractivity contribution in [3.63, 3.8) is 0 Å². The number of hydrogen-bond acceptors (Lipinski definition) is 5. The van der Waals surface area contributed by atoms with Crippen LogP contribution in [-0.4, -0.2) is 43.1 Å². The van der Waals surface area contributed by atoms with Gasteiger partial charge in [-0.2, -0.15) is 0 Å². The van der Waals surface area contributed by atoms with Gasteiger partial charge in [-0.25, -0.2) is 13.6 Å². The number of carbonyl (C=O) groups excluding carboxylic acids is 1. The smallest absolute Gasteiger partial charge is 0.322 e. The maximum Gasteiger partial charge on any atom is 0.322 e. The Morgan fingerprint density at radius 1 is 1.19 bits per heavy atom. The largest absolute Gasteiger partial charge is 0.480 e. The monoisotopic (exact) mass is 416 g/mol. The van der Waals surface area contributed by atoms with Gasteiger partial charge in [0.05, 0.1) is 4.90 Å². The molecule has 150 valence electrons. The van der Waals surface area contributed by atoms with Crippen molar-refractivity contribution < 1.29 is 23.1 Å². The van der Waals surface area contributed by atoms with Gasteiger partial charge in [0.25, 0.3) is 0 Å². The molecule has 0 spiro atoms. The van der Waals surface area contributed by atoms with Gasteiger partial charge in [0, 0.05) is 6.54 Å². The molecule has 27 heavy (non-hydrogen) atoms. The van der Waals surface area contributed by atoms with Crippen molar-refractivity contribution in [1.82, 2.24) is 16.0 Å². The summed E-state index contributed by atoms with van der Waals surface area (Å²) in [7, 11) is -3.74. The number of aliphatic carboxylic acids is 1. The minimum Gasteiger partial charge on any atom is -0.480 e. The fourth-order valence-electron chi connectivity index (χ4n) is 2.18. The number of carboxylic acid groups (broad SMARTS) is 1. The van der Waals surface area contributed by atoms with Crippen LogP contribution < -0.4 is 21.1 Å². The van der Waals surface area contributed by atoms with Crippen molar-refractivity contribution >= 4 is 39.2 Å². The number of carboxylic acids is 1. The van der Waals surface area contributed by atoms with Crippen LogP contribution in [0.2, 0.25) is 0 Å². The summed E-state index contributed by atoms with van der Waals surface area (Å²) in [5, 5.41) is 22.1. The number of nitrogens with two attached hydrogens (primary N) is 1. The van der Waals surface area contributed by atoms with Crippen LogP contribution in [0.1, 0.15) is 25.8 Å². The molecule has 1 aromatic rings. The molecule has 0 aliphatic carbocycles. The highest BCUT2D eigenvalue weighted by molar-refractivity contribution is 7.89. The third-order valence-corrected chi connectivity index (χ3v) is 4.64. The highest BCUT2D eigenvalue weighted by atomic mass is 32.2. The molecule has 6 N–H and O–H groups in total. The van der Waals surface area contributed by atoms with E-state index in [2.05, 4.69) is 16.0 Å². The summed E-state index contributed by atoms with van der Waals surface area (Å²) in [5.41, 5.74) is 0.766. The van der Waals surface area contributed by atoms with Crippen LogP contribution in [0.3, 0.4) is 0 Å². The number of rotatable bonds is 9. The lowest BCUT2D eigenvalue weighted by Crippen LogP contribution is -2.51. The lowest BCUT2D eigenvalue weighted by molar-refractivity contribution is -0.138. The minimum absolute atomic E-state index is 0.0130. The fourth-order valence-corrected chi connectivity index (χ4v) is 2.91. The predicted molar refractivity (Wildman–Crippen MR) is 104 cm³/mol. The van der Waals surface area contributed by atoms with Crippen LogP contribution in [0.25, 0.3) is 0 Å². The Morgan fingerprint density at radius 2 is 1.78 bits per heavy atom. The Labute approximate surface area is 163 Å². The van der Waals surface area contributed by atoms with E-state index in [1.54, 1.807) is 12.1 Å². The van der Waals surface area contributed by atoms with Gasteiger partial charge in [-0.05, 0) is 42.3 Å². The number of benzene rings is 1.